The molecule has 0 radical (unpaired) electrons. The summed E-state index contributed by atoms with van der Waals surface area (Å²) in [6, 6.07) is 5.62. The van der Waals surface area contributed by atoms with Crippen LogP contribution in [-0.2, 0) is 0 Å². The largest absolute Gasteiger partial charge is 0.495 e. The van der Waals surface area contributed by atoms with Gasteiger partial charge in [-0.1, -0.05) is 24.6 Å². The fourth-order valence-electron chi connectivity index (χ4n) is 1.41. The minimum atomic E-state index is 0.152. The van der Waals surface area contributed by atoms with Crippen molar-refractivity contribution < 1.29 is 9.84 Å². The second kappa shape index (κ2) is 5.23. The molecule has 0 aromatic heterocycles. The van der Waals surface area contributed by atoms with Crippen molar-refractivity contribution in [1.29, 1.82) is 0 Å². The number of halogens is 1. The maximum atomic E-state index is 9.12. The van der Waals surface area contributed by atoms with Gasteiger partial charge >= 0.3 is 0 Å². The molecular formula is C11H15ClO2. The van der Waals surface area contributed by atoms with Crippen LogP contribution in [-0.4, -0.2) is 18.8 Å². The van der Waals surface area contributed by atoms with Crippen molar-refractivity contribution >= 4 is 11.6 Å². The Morgan fingerprint density at radius 3 is 2.64 bits per heavy atom. The highest BCUT2D eigenvalue weighted by Gasteiger charge is 2.10. The molecule has 0 aliphatic heterocycles. The first-order valence-corrected chi connectivity index (χ1v) is 5.05. The molecule has 1 unspecified atom stereocenters. The molecule has 2 nitrogen and oxygen atoms in total. The Balaban J connectivity index is 2.95. The maximum absolute atomic E-state index is 9.12. The van der Waals surface area contributed by atoms with Crippen LogP contribution in [0.5, 0.6) is 5.75 Å². The highest BCUT2D eigenvalue weighted by molar-refractivity contribution is 6.32. The average molecular weight is 215 g/mol. The first kappa shape index (κ1) is 11.3. The Morgan fingerprint density at radius 2 is 2.21 bits per heavy atom. The number of hydrogen-bond acceptors (Lipinski definition) is 2. The number of methoxy groups -OCH3 is 1. The molecule has 3 heteroatoms. The van der Waals surface area contributed by atoms with Crippen LogP contribution in [0.2, 0.25) is 5.02 Å². The molecule has 0 spiro atoms. The topological polar surface area (TPSA) is 29.5 Å². The number of aliphatic hydroxyl groups is 1. The summed E-state index contributed by atoms with van der Waals surface area (Å²) in [5.74, 6) is 0.835. The summed E-state index contributed by atoms with van der Waals surface area (Å²) in [4.78, 5) is 0. The highest BCUT2D eigenvalue weighted by atomic mass is 35.5. The van der Waals surface area contributed by atoms with Gasteiger partial charge in [-0.05, 0) is 24.1 Å². The number of rotatable bonds is 4. The van der Waals surface area contributed by atoms with E-state index in [2.05, 4.69) is 0 Å². The van der Waals surface area contributed by atoms with Crippen molar-refractivity contribution in [1.82, 2.24) is 0 Å². The number of benzene rings is 1. The van der Waals surface area contributed by atoms with Gasteiger partial charge in [-0.25, -0.2) is 0 Å². The van der Waals surface area contributed by atoms with E-state index in [0.717, 1.165) is 12.0 Å². The van der Waals surface area contributed by atoms with E-state index in [1.54, 1.807) is 7.11 Å². The molecule has 1 N–H and O–H groups in total. The first-order valence-electron chi connectivity index (χ1n) is 4.67. The second-order valence-electron chi connectivity index (χ2n) is 3.18. The van der Waals surface area contributed by atoms with Gasteiger partial charge in [-0.15, -0.1) is 0 Å². The minimum Gasteiger partial charge on any atom is -0.495 e. The summed E-state index contributed by atoms with van der Waals surface area (Å²) in [6.45, 7) is 2.19. The molecule has 1 atom stereocenters. The average Bonchev–Trinajstić information content (AvgIpc) is 2.20. The van der Waals surface area contributed by atoms with Crippen molar-refractivity contribution in [2.75, 3.05) is 13.7 Å². The lowest BCUT2D eigenvalue weighted by molar-refractivity contribution is 0.262. The molecule has 0 amide bonds. The zero-order chi connectivity index (χ0) is 10.6. The van der Waals surface area contributed by atoms with Gasteiger partial charge in [0.25, 0.3) is 0 Å². The Hall–Kier alpha value is -0.730. The molecule has 0 fully saturated rings. The van der Waals surface area contributed by atoms with E-state index in [-0.39, 0.29) is 12.5 Å². The third-order valence-corrected chi connectivity index (χ3v) is 2.66. The van der Waals surface area contributed by atoms with E-state index in [0.29, 0.717) is 10.8 Å². The molecule has 1 rings (SSSR count). The minimum absolute atomic E-state index is 0.152. The lowest BCUT2D eigenvalue weighted by Gasteiger charge is -2.13. The molecule has 0 saturated heterocycles. The highest BCUT2D eigenvalue weighted by Crippen LogP contribution is 2.29. The summed E-state index contributed by atoms with van der Waals surface area (Å²) in [5.41, 5.74) is 1.06. The van der Waals surface area contributed by atoms with Crippen LogP contribution in [0.3, 0.4) is 0 Å². The zero-order valence-corrected chi connectivity index (χ0v) is 9.21. The quantitative estimate of drug-likeness (QED) is 0.835. The lowest BCUT2D eigenvalue weighted by Crippen LogP contribution is -2.02. The van der Waals surface area contributed by atoms with Gasteiger partial charge in [-0.2, -0.15) is 0 Å². The van der Waals surface area contributed by atoms with Crippen LogP contribution in [0.15, 0.2) is 18.2 Å². The molecule has 78 valence electrons. The third kappa shape index (κ3) is 2.40. The Kier molecular flexibility index (Phi) is 4.23. The second-order valence-corrected chi connectivity index (χ2v) is 3.59. The fourth-order valence-corrected chi connectivity index (χ4v) is 1.67. The molecule has 14 heavy (non-hydrogen) atoms. The predicted molar refractivity (Wildman–Crippen MR) is 58.1 cm³/mol. The number of aliphatic hydroxyl groups excluding tert-OH is 1. The van der Waals surface area contributed by atoms with E-state index < -0.39 is 0 Å². The Bertz CT molecular complexity index is 295. The van der Waals surface area contributed by atoms with E-state index in [1.807, 2.05) is 25.1 Å². The summed E-state index contributed by atoms with van der Waals surface area (Å²) >= 11 is 5.98. The van der Waals surface area contributed by atoms with Crippen LogP contribution < -0.4 is 4.74 Å². The smallest absolute Gasteiger partial charge is 0.137 e. The van der Waals surface area contributed by atoms with Crippen LogP contribution in [0, 0.1) is 0 Å². The Morgan fingerprint density at radius 1 is 1.50 bits per heavy atom. The van der Waals surface area contributed by atoms with E-state index >= 15 is 0 Å². The lowest BCUT2D eigenvalue weighted by atomic mass is 9.97. The SMILES string of the molecule is CCC(CO)c1ccc(OC)c(Cl)c1. The normalized spacial score (nSPS) is 12.6. The van der Waals surface area contributed by atoms with Gasteiger partial charge in [-0.3, -0.25) is 0 Å². The van der Waals surface area contributed by atoms with E-state index in [4.69, 9.17) is 21.4 Å². The molecule has 1 aromatic rings. The van der Waals surface area contributed by atoms with Crippen molar-refractivity contribution in [2.45, 2.75) is 19.3 Å². The van der Waals surface area contributed by atoms with Gasteiger partial charge in [0.15, 0.2) is 0 Å². The predicted octanol–water partition coefficient (Wildman–Crippen LogP) is 2.83. The van der Waals surface area contributed by atoms with Crippen LogP contribution >= 0.6 is 11.6 Å². The van der Waals surface area contributed by atoms with Crippen molar-refractivity contribution in [2.24, 2.45) is 0 Å². The number of ether oxygens (including phenoxy) is 1. The van der Waals surface area contributed by atoms with Crippen LogP contribution in [0.4, 0.5) is 0 Å². The zero-order valence-electron chi connectivity index (χ0n) is 8.46. The van der Waals surface area contributed by atoms with E-state index in [9.17, 15) is 0 Å². The Labute approximate surface area is 89.5 Å². The monoisotopic (exact) mass is 214 g/mol. The standard InChI is InChI=1S/C11H15ClO2/c1-3-8(7-13)9-4-5-11(14-2)10(12)6-9/h4-6,8,13H,3,7H2,1-2H3. The van der Waals surface area contributed by atoms with Crippen molar-refractivity contribution in [3.05, 3.63) is 28.8 Å². The molecular weight excluding hydrogens is 200 g/mol. The maximum Gasteiger partial charge on any atom is 0.137 e. The molecule has 0 aliphatic carbocycles. The van der Waals surface area contributed by atoms with Gasteiger partial charge in [0.2, 0.25) is 0 Å². The summed E-state index contributed by atoms with van der Waals surface area (Å²) in [5, 5.41) is 9.72. The third-order valence-electron chi connectivity index (χ3n) is 2.36. The molecule has 0 saturated carbocycles. The van der Waals surface area contributed by atoms with Crippen LogP contribution in [0.1, 0.15) is 24.8 Å². The van der Waals surface area contributed by atoms with E-state index in [1.165, 1.54) is 0 Å². The summed E-state index contributed by atoms with van der Waals surface area (Å²) < 4.78 is 5.05. The van der Waals surface area contributed by atoms with Gasteiger partial charge in [0.05, 0.1) is 12.1 Å². The van der Waals surface area contributed by atoms with Gasteiger partial charge in [0.1, 0.15) is 5.75 Å². The van der Waals surface area contributed by atoms with Crippen molar-refractivity contribution in [3.8, 4) is 5.75 Å². The van der Waals surface area contributed by atoms with Crippen molar-refractivity contribution in [3.63, 3.8) is 0 Å². The first-order chi connectivity index (χ1) is 6.72. The molecule has 1 aromatic carbocycles. The van der Waals surface area contributed by atoms with Crippen LogP contribution in [0.25, 0.3) is 0 Å². The summed E-state index contributed by atoms with van der Waals surface area (Å²) in [7, 11) is 1.59. The van der Waals surface area contributed by atoms with Gasteiger partial charge in [0, 0.05) is 12.5 Å². The fraction of sp³-hybridized carbons (Fsp3) is 0.455. The van der Waals surface area contributed by atoms with Gasteiger partial charge < -0.3 is 9.84 Å². The number of hydrogen-bond donors (Lipinski definition) is 1. The molecule has 0 aliphatic rings. The molecule has 0 bridgehead atoms. The summed E-state index contributed by atoms with van der Waals surface area (Å²) in [6.07, 6.45) is 0.902. The molecule has 0 heterocycles.